The molecule has 0 spiro atoms. The molecule has 0 aliphatic rings. The zero-order valence-corrected chi connectivity index (χ0v) is 15.5. The van der Waals surface area contributed by atoms with Crippen LogP contribution in [0.4, 0.5) is 0 Å². The van der Waals surface area contributed by atoms with Crippen LogP contribution in [-0.2, 0) is 0 Å². The minimum absolute atomic E-state index is 0.849. The first-order valence-corrected chi connectivity index (χ1v) is 9.21. The third kappa shape index (κ3) is 2.69. The number of ether oxygens (including phenoxy) is 1. The van der Waals surface area contributed by atoms with Crippen molar-refractivity contribution in [2.75, 3.05) is 7.11 Å². The van der Waals surface area contributed by atoms with E-state index < -0.39 is 0 Å². The zero-order chi connectivity index (χ0) is 18.9. The van der Waals surface area contributed by atoms with Gasteiger partial charge in [0.25, 0.3) is 0 Å². The standard InChI is InChI=1S/C25H18N2O/c1-28-19-9-7-18(8-10-19)21-14-16-27-25-23(21)12-11-22-20(13-15-26-24(22)25)17-5-3-2-4-6-17/h2-16H,1H3. The number of nitrogens with zero attached hydrogens (tertiary/aromatic N) is 2. The highest BCUT2D eigenvalue weighted by molar-refractivity contribution is 6.11. The van der Waals surface area contributed by atoms with Crippen LogP contribution in [0, 0.1) is 0 Å². The maximum atomic E-state index is 5.28. The van der Waals surface area contributed by atoms with Gasteiger partial charge in [-0.05, 0) is 46.5 Å². The van der Waals surface area contributed by atoms with E-state index in [2.05, 4.69) is 70.6 Å². The molecule has 3 nitrogen and oxygen atoms in total. The Morgan fingerprint density at radius 2 is 1.11 bits per heavy atom. The maximum Gasteiger partial charge on any atom is 0.118 e. The number of aromatic nitrogens is 2. The molecule has 0 bridgehead atoms. The highest BCUT2D eigenvalue weighted by atomic mass is 16.5. The molecule has 3 aromatic carbocycles. The first-order valence-electron chi connectivity index (χ1n) is 9.21. The van der Waals surface area contributed by atoms with Crippen molar-refractivity contribution >= 4 is 21.8 Å². The van der Waals surface area contributed by atoms with Gasteiger partial charge >= 0.3 is 0 Å². The van der Waals surface area contributed by atoms with Crippen molar-refractivity contribution in [3.63, 3.8) is 0 Å². The van der Waals surface area contributed by atoms with E-state index in [4.69, 9.17) is 4.74 Å². The summed E-state index contributed by atoms with van der Waals surface area (Å²) in [6, 6.07) is 26.9. The average Bonchev–Trinajstić information content (AvgIpc) is 2.78. The van der Waals surface area contributed by atoms with Gasteiger partial charge in [0, 0.05) is 23.2 Å². The van der Waals surface area contributed by atoms with Crippen molar-refractivity contribution in [3.05, 3.63) is 91.3 Å². The number of fused-ring (bicyclic) bond motifs is 3. The third-order valence-electron chi connectivity index (χ3n) is 5.11. The molecule has 0 aliphatic carbocycles. The Hall–Kier alpha value is -3.72. The Morgan fingerprint density at radius 1 is 0.571 bits per heavy atom. The van der Waals surface area contributed by atoms with E-state index in [1.807, 2.05) is 30.6 Å². The number of pyridine rings is 2. The molecule has 2 aromatic heterocycles. The van der Waals surface area contributed by atoms with Crippen molar-refractivity contribution in [3.8, 4) is 28.0 Å². The number of hydrogen-bond donors (Lipinski definition) is 0. The van der Waals surface area contributed by atoms with Gasteiger partial charge in [0.15, 0.2) is 0 Å². The normalized spacial score (nSPS) is 11.0. The predicted molar refractivity (Wildman–Crippen MR) is 114 cm³/mol. The van der Waals surface area contributed by atoms with Crippen LogP contribution >= 0.6 is 0 Å². The summed E-state index contributed by atoms with van der Waals surface area (Å²) in [6.45, 7) is 0. The van der Waals surface area contributed by atoms with Gasteiger partial charge in [0.2, 0.25) is 0 Å². The molecule has 28 heavy (non-hydrogen) atoms. The molecule has 3 heteroatoms. The molecule has 5 rings (SSSR count). The van der Waals surface area contributed by atoms with Gasteiger partial charge in [-0.2, -0.15) is 0 Å². The fourth-order valence-electron chi connectivity index (χ4n) is 3.72. The molecule has 0 amide bonds. The molecule has 0 unspecified atom stereocenters. The third-order valence-corrected chi connectivity index (χ3v) is 5.11. The van der Waals surface area contributed by atoms with Crippen LogP contribution < -0.4 is 4.74 Å². The minimum atomic E-state index is 0.849. The number of benzene rings is 3. The van der Waals surface area contributed by atoms with Crippen LogP contribution in [0.25, 0.3) is 44.1 Å². The van der Waals surface area contributed by atoms with E-state index in [0.29, 0.717) is 0 Å². The first kappa shape index (κ1) is 16.5. The summed E-state index contributed by atoms with van der Waals surface area (Å²) in [5.74, 6) is 0.849. The van der Waals surface area contributed by atoms with E-state index in [1.165, 1.54) is 11.1 Å². The molecule has 5 aromatic rings. The van der Waals surface area contributed by atoms with E-state index in [0.717, 1.165) is 38.7 Å². The van der Waals surface area contributed by atoms with Crippen LogP contribution in [0.2, 0.25) is 0 Å². The van der Waals surface area contributed by atoms with Crippen LogP contribution in [-0.4, -0.2) is 17.1 Å². The molecule has 0 aliphatic heterocycles. The van der Waals surface area contributed by atoms with Crippen molar-refractivity contribution in [1.29, 1.82) is 0 Å². The lowest BCUT2D eigenvalue weighted by Gasteiger charge is -2.11. The Kier molecular flexibility index (Phi) is 3.99. The van der Waals surface area contributed by atoms with Gasteiger partial charge < -0.3 is 4.74 Å². The lowest BCUT2D eigenvalue weighted by molar-refractivity contribution is 0.415. The monoisotopic (exact) mass is 362 g/mol. The second-order valence-electron chi connectivity index (χ2n) is 6.67. The van der Waals surface area contributed by atoms with E-state index in [1.54, 1.807) is 7.11 Å². The maximum absolute atomic E-state index is 5.28. The van der Waals surface area contributed by atoms with Crippen molar-refractivity contribution < 1.29 is 4.74 Å². The summed E-state index contributed by atoms with van der Waals surface area (Å²) in [5.41, 5.74) is 6.47. The summed E-state index contributed by atoms with van der Waals surface area (Å²) < 4.78 is 5.28. The van der Waals surface area contributed by atoms with Gasteiger partial charge in [-0.3, -0.25) is 9.97 Å². The largest absolute Gasteiger partial charge is 0.497 e. The molecule has 2 heterocycles. The van der Waals surface area contributed by atoms with E-state index in [-0.39, 0.29) is 0 Å². The number of hydrogen-bond acceptors (Lipinski definition) is 3. The van der Waals surface area contributed by atoms with E-state index >= 15 is 0 Å². The molecule has 134 valence electrons. The molecule has 0 saturated carbocycles. The van der Waals surface area contributed by atoms with Gasteiger partial charge in [0.05, 0.1) is 18.1 Å². The first-order chi connectivity index (χ1) is 13.8. The van der Waals surface area contributed by atoms with Gasteiger partial charge in [-0.1, -0.05) is 54.6 Å². The van der Waals surface area contributed by atoms with Crippen LogP contribution in [0.15, 0.2) is 91.3 Å². The highest BCUT2D eigenvalue weighted by Gasteiger charge is 2.11. The molecule has 0 saturated heterocycles. The second-order valence-corrected chi connectivity index (χ2v) is 6.67. The van der Waals surface area contributed by atoms with E-state index in [9.17, 15) is 0 Å². The number of methoxy groups -OCH3 is 1. The van der Waals surface area contributed by atoms with Crippen LogP contribution in [0.5, 0.6) is 5.75 Å². The summed E-state index contributed by atoms with van der Waals surface area (Å²) in [4.78, 5) is 9.35. The topological polar surface area (TPSA) is 35.0 Å². The van der Waals surface area contributed by atoms with Gasteiger partial charge in [0.1, 0.15) is 5.75 Å². The average molecular weight is 362 g/mol. The second kappa shape index (κ2) is 6.78. The summed E-state index contributed by atoms with van der Waals surface area (Å²) in [5, 5.41) is 2.21. The predicted octanol–water partition coefficient (Wildman–Crippen LogP) is 6.13. The zero-order valence-electron chi connectivity index (χ0n) is 15.5. The van der Waals surface area contributed by atoms with Crippen LogP contribution in [0.1, 0.15) is 0 Å². The Morgan fingerprint density at radius 3 is 1.64 bits per heavy atom. The molecular formula is C25H18N2O. The lowest BCUT2D eigenvalue weighted by Crippen LogP contribution is -1.90. The Labute approximate surface area is 163 Å². The van der Waals surface area contributed by atoms with Crippen molar-refractivity contribution in [2.45, 2.75) is 0 Å². The SMILES string of the molecule is COc1ccc(-c2ccnc3c2ccc2c(-c4ccccc4)ccnc23)cc1. The summed E-state index contributed by atoms with van der Waals surface area (Å²) >= 11 is 0. The quantitative estimate of drug-likeness (QED) is 0.362. The van der Waals surface area contributed by atoms with Gasteiger partial charge in [-0.25, -0.2) is 0 Å². The molecule has 0 fully saturated rings. The lowest BCUT2D eigenvalue weighted by atomic mass is 9.96. The molecule has 0 radical (unpaired) electrons. The minimum Gasteiger partial charge on any atom is -0.497 e. The number of rotatable bonds is 3. The summed E-state index contributed by atoms with van der Waals surface area (Å²) in [7, 11) is 1.68. The molecule has 0 N–H and O–H groups in total. The van der Waals surface area contributed by atoms with Gasteiger partial charge in [-0.15, -0.1) is 0 Å². The van der Waals surface area contributed by atoms with Crippen molar-refractivity contribution in [1.82, 2.24) is 9.97 Å². The highest BCUT2D eigenvalue weighted by Crippen LogP contribution is 2.35. The Balaban J connectivity index is 1.75. The summed E-state index contributed by atoms with van der Waals surface area (Å²) in [6.07, 6.45) is 3.73. The molecule has 0 atom stereocenters. The fourth-order valence-corrected chi connectivity index (χ4v) is 3.72. The van der Waals surface area contributed by atoms with Crippen LogP contribution in [0.3, 0.4) is 0 Å². The fraction of sp³-hybridized carbons (Fsp3) is 0.0400. The smallest absolute Gasteiger partial charge is 0.118 e. The molecular weight excluding hydrogens is 344 g/mol. The van der Waals surface area contributed by atoms with Crippen molar-refractivity contribution in [2.24, 2.45) is 0 Å². The Bertz CT molecular complexity index is 1280.